The first-order valence-corrected chi connectivity index (χ1v) is 10.3. The Morgan fingerprint density at radius 1 is 1.27 bits per heavy atom. The number of aryl methyl sites for hydroxylation is 1. The van der Waals surface area contributed by atoms with Gasteiger partial charge in [0.05, 0.1) is 12.7 Å². The van der Waals surface area contributed by atoms with Gasteiger partial charge in [-0.25, -0.2) is 0 Å². The summed E-state index contributed by atoms with van der Waals surface area (Å²) < 4.78 is 1.90. The lowest BCUT2D eigenvalue weighted by Gasteiger charge is -2.40. The molecule has 2 fully saturated rings. The molecule has 1 aromatic heterocycles. The maximum absolute atomic E-state index is 5.04. The number of piperidine rings is 1. The SMILES string of the molecule is CCNC(=NCC(C)(C)N1CCCCC1)N1CCC(c2cnn(C)c2)C1. The fourth-order valence-electron chi connectivity index (χ4n) is 4.17. The number of aromatic nitrogens is 2. The molecular formula is C20H36N6. The van der Waals surface area contributed by atoms with Gasteiger partial charge in [-0.15, -0.1) is 0 Å². The molecule has 0 bridgehead atoms. The van der Waals surface area contributed by atoms with E-state index in [9.17, 15) is 0 Å². The highest BCUT2D eigenvalue weighted by Crippen LogP contribution is 2.27. The standard InChI is InChI=1S/C20H36N6/c1-5-21-19(22-16-20(2,3)26-10-7-6-8-11-26)25-12-9-17(15-25)18-13-23-24(4)14-18/h13-14,17H,5-12,15-16H2,1-4H3,(H,21,22). The van der Waals surface area contributed by atoms with Gasteiger partial charge in [-0.1, -0.05) is 6.42 Å². The molecule has 1 N–H and O–H groups in total. The lowest BCUT2D eigenvalue weighted by Crippen LogP contribution is -2.50. The van der Waals surface area contributed by atoms with E-state index in [1.807, 2.05) is 17.9 Å². The zero-order valence-corrected chi connectivity index (χ0v) is 17.0. The second kappa shape index (κ2) is 8.42. The average molecular weight is 361 g/mol. The van der Waals surface area contributed by atoms with Crippen LogP contribution in [0.3, 0.4) is 0 Å². The number of aliphatic imine (C=N–C) groups is 1. The molecule has 2 aliphatic heterocycles. The van der Waals surface area contributed by atoms with Crippen LogP contribution in [0.25, 0.3) is 0 Å². The van der Waals surface area contributed by atoms with E-state index in [0.29, 0.717) is 5.92 Å². The van der Waals surface area contributed by atoms with Gasteiger partial charge in [0.15, 0.2) is 5.96 Å². The maximum atomic E-state index is 5.04. The molecule has 6 heteroatoms. The lowest BCUT2D eigenvalue weighted by atomic mass is 9.99. The Kier molecular flexibility index (Phi) is 6.22. The number of guanidine groups is 1. The first-order chi connectivity index (χ1) is 12.5. The van der Waals surface area contributed by atoms with Crippen molar-refractivity contribution in [2.75, 3.05) is 39.3 Å². The first kappa shape index (κ1) is 19.2. The minimum absolute atomic E-state index is 0.129. The van der Waals surface area contributed by atoms with Crippen LogP contribution in [-0.2, 0) is 7.05 Å². The van der Waals surface area contributed by atoms with Gasteiger partial charge in [0, 0.05) is 44.3 Å². The highest BCUT2D eigenvalue weighted by atomic mass is 15.3. The van der Waals surface area contributed by atoms with Gasteiger partial charge in [0.25, 0.3) is 0 Å². The molecule has 0 aliphatic carbocycles. The van der Waals surface area contributed by atoms with E-state index in [-0.39, 0.29) is 5.54 Å². The Bertz CT molecular complexity index is 599. The fraction of sp³-hybridized carbons (Fsp3) is 0.800. The molecule has 0 aromatic carbocycles. The van der Waals surface area contributed by atoms with Gasteiger partial charge in [0.2, 0.25) is 0 Å². The van der Waals surface area contributed by atoms with Crippen molar-refractivity contribution in [2.45, 2.75) is 57.9 Å². The minimum Gasteiger partial charge on any atom is -0.357 e. The van der Waals surface area contributed by atoms with Crippen LogP contribution in [0.4, 0.5) is 0 Å². The fourth-order valence-corrected chi connectivity index (χ4v) is 4.17. The number of hydrogen-bond donors (Lipinski definition) is 1. The number of hydrogen-bond acceptors (Lipinski definition) is 3. The van der Waals surface area contributed by atoms with Crippen molar-refractivity contribution in [3.8, 4) is 0 Å². The van der Waals surface area contributed by atoms with Crippen molar-refractivity contribution in [3.05, 3.63) is 18.0 Å². The Balaban J connectivity index is 1.63. The summed E-state index contributed by atoms with van der Waals surface area (Å²) >= 11 is 0. The predicted molar refractivity (Wildman–Crippen MR) is 108 cm³/mol. The minimum atomic E-state index is 0.129. The van der Waals surface area contributed by atoms with Crippen molar-refractivity contribution in [2.24, 2.45) is 12.0 Å². The molecule has 0 amide bonds. The van der Waals surface area contributed by atoms with Crippen molar-refractivity contribution in [3.63, 3.8) is 0 Å². The summed E-state index contributed by atoms with van der Waals surface area (Å²) in [5, 5.41) is 7.85. The second-order valence-corrected chi connectivity index (χ2v) is 8.41. The van der Waals surface area contributed by atoms with Crippen LogP contribution in [-0.4, -0.2) is 70.3 Å². The summed E-state index contributed by atoms with van der Waals surface area (Å²) in [6.45, 7) is 13.1. The van der Waals surface area contributed by atoms with Crippen LogP contribution in [0.5, 0.6) is 0 Å². The zero-order chi connectivity index (χ0) is 18.6. The van der Waals surface area contributed by atoms with Gasteiger partial charge < -0.3 is 10.2 Å². The summed E-state index contributed by atoms with van der Waals surface area (Å²) in [5.41, 5.74) is 1.48. The van der Waals surface area contributed by atoms with E-state index in [2.05, 4.69) is 47.2 Å². The molecule has 26 heavy (non-hydrogen) atoms. The van der Waals surface area contributed by atoms with Crippen molar-refractivity contribution >= 4 is 5.96 Å². The first-order valence-electron chi connectivity index (χ1n) is 10.3. The van der Waals surface area contributed by atoms with E-state index < -0.39 is 0 Å². The molecule has 0 radical (unpaired) electrons. The summed E-state index contributed by atoms with van der Waals surface area (Å²) in [6.07, 6.45) is 9.36. The van der Waals surface area contributed by atoms with Crippen LogP contribution < -0.4 is 5.32 Å². The molecular weight excluding hydrogens is 324 g/mol. The van der Waals surface area contributed by atoms with E-state index in [4.69, 9.17) is 4.99 Å². The van der Waals surface area contributed by atoms with Gasteiger partial charge >= 0.3 is 0 Å². The Morgan fingerprint density at radius 2 is 2.04 bits per heavy atom. The smallest absolute Gasteiger partial charge is 0.194 e. The highest BCUT2D eigenvalue weighted by molar-refractivity contribution is 5.80. The normalized spacial score (nSPS) is 22.8. The van der Waals surface area contributed by atoms with Crippen molar-refractivity contribution in [1.82, 2.24) is 24.9 Å². The van der Waals surface area contributed by atoms with E-state index >= 15 is 0 Å². The Hall–Kier alpha value is -1.56. The number of likely N-dealkylation sites (tertiary alicyclic amines) is 2. The monoisotopic (exact) mass is 360 g/mol. The predicted octanol–water partition coefficient (Wildman–Crippen LogP) is 2.44. The van der Waals surface area contributed by atoms with Crippen LogP contribution >= 0.6 is 0 Å². The summed E-state index contributed by atoms with van der Waals surface area (Å²) in [5.74, 6) is 1.63. The highest BCUT2D eigenvalue weighted by Gasteiger charge is 2.30. The lowest BCUT2D eigenvalue weighted by molar-refractivity contribution is 0.102. The van der Waals surface area contributed by atoms with Crippen LogP contribution in [0, 0.1) is 0 Å². The summed E-state index contributed by atoms with van der Waals surface area (Å²) in [7, 11) is 1.99. The quantitative estimate of drug-likeness (QED) is 0.647. The zero-order valence-electron chi connectivity index (χ0n) is 17.0. The molecule has 3 rings (SSSR count). The molecule has 6 nitrogen and oxygen atoms in total. The third-order valence-corrected chi connectivity index (χ3v) is 5.85. The summed E-state index contributed by atoms with van der Waals surface area (Å²) in [6, 6.07) is 0. The molecule has 3 heterocycles. The van der Waals surface area contributed by atoms with E-state index in [1.165, 1.54) is 44.3 Å². The van der Waals surface area contributed by atoms with Crippen LogP contribution in [0.2, 0.25) is 0 Å². The molecule has 0 saturated carbocycles. The molecule has 146 valence electrons. The third-order valence-electron chi connectivity index (χ3n) is 5.85. The van der Waals surface area contributed by atoms with Crippen molar-refractivity contribution < 1.29 is 0 Å². The largest absolute Gasteiger partial charge is 0.357 e. The molecule has 1 atom stereocenters. The van der Waals surface area contributed by atoms with Crippen molar-refractivity contribution in [1.29, 1.82) is 0 Å². The summed E-state index contributed by atoms with van der Waals surface area (Å²) in [4.78, 5) is 10.1. The molecule has 0 spiro atoms. The molecule has 2 aliphatic rings. The number of nitrogens with zero attached hydrogens (tertiary/aromatic N) is 5. The molecule has 1 aromatic rings. The van der Waals surface area contributed by atoms with E-state index in [0.717, 1.165) is 32.1 Å². The molecule has 2 saturated heterocycles. The average Bonchev–Trinajstić information content (AvgIpc) is 3.28. The maximum Gasteiger partial charge on any atom is 0.194 e. The van der Waals surface area contributed by atoms with E-state index in [1.54, 1.807) is 0 Å². The topological polar surface area (TPSA) is 48.7 Å². The Morgan fingerprint density at radius 3 is 2.69 bits per heavy atom. The van der Waals surface area contributed by atoms with Gasteiger partial charge in [-0.05, 0) is 58.7 Å². The second-order valence-electron chi connectivity index (χ2n) is 8.41. The number of nitrogens with one attached hydrogen (secondary N) is 1. The third kappa shape index (κ3) is 4.58. The van der Waals surface area contributed by atoms with Gasteiger partial charge in [-0.3, -0.25) is 14.6 Å². The van der Waals surface area contributed by atoms with Crippen LogP contribution in [0.15, 0.2) is 17.4 Å². The van der Waals surface area contributed by atoms with Gasteiger partial charge in [-0.2, -0.15) is 5.10 Å². The Labute approximate surface area is 158 Å². The van der Waals surface area contributed by atoms with Gasteiger partial charge in [0.1, 0.15) is 0 Å². The van der Waals surface area contributed by atoms with Crippen LogP contribution in [0.1, 0.15) is 57.9 Å². The number of rotatable bonds is 5. The molecule has 1 unspecified atom stereocenters.